The van der Waals surface area contributed by atoms with E-state index in [9.17, 15) is 0 Å². The van der Waals surface area contributed by atoms with Crippen LogP contribution in [0.25, 0.3) is 5.69 Å². The van der Waals surface area contributed by atoms with Crippen molar-refractivity contribution in [1.82, 2.24) is 24.7 Å². The molecule has 0 bridgehead atoms. The van der Waals surface area contributed by atoms with Gasteiger partial charge in [0, 0.05) is 30.3 Å². The smallest absolute Gasteiger partial charge is 0.170 e. The number of thiocarbonyl (C=S) groups is 1. The molecule has 2 atom stereocenters. The van der Waals surface area contributed by atoms with E-state index in [0.717, 1.165) is 36.0 Å². The van der Waals surface area contributed by atoms with E-state index in [-0.39, 0.29) is 12.1 Å². The number of aryl methyl sites for hydroxylation is 1. The Morgan fingerprint density at radius 1 is 1.07 bits per heavy atom. The molecule has 0 radical (unpaired) electrons. The van der Waals surface area contributed by atoms with Gasteiger partial charge in [0.2, 0.25) is 0 Å². The lowest BCUT2D eigenvalue weighted by Gasteiger charge is -2.29. The predicted octanol–water partition coefficient (Wildman–Crippen LogP) is 4.10. The molecule has 4 rings (SSSR count). The summed E-state index contributed by atoms with van der Waals surface area (Å²) in [7, 11) is 4.22. The van der Waals surface area contributed by atoms with Crippen LogP contribution in [0.4, 0.5) is 0 Å². The number of benzene rings is 1. The Labute approximate surface area is 184 Å². The quantitative estimate of drug-likeness (QED) is 0.584. The fourth-order valence-corrected chi connectivity index (χ4v) is 4.43. The second-order valence-corrected chi connectivity index (χ2v) is 8.50. The lowest BCUT2D eigenvalue weighted by molar-refractivity contribution is 0.286. The zero-order chi connectivity index (χ0) is 21.1. The van der Waals surface area contributed by atoms with Crippen molar-refractivity contribution < 1.29 is 0 Å². The van der Waals surface area contributed by atoms with E-state index in [1.54, 1.807) is 0 Å². The molecule has 2 aromatic heterocycles. The Morgan fingerprint density at radius 3 is 2.57 bits per heavy atom. The standard InChI is InChI=1S/C24H29N5S/c1-18-10-12-19(13-11-18)28-16-6-9-21(28)23-22(20-8-4-5-14-25-20)26-24(30)29(23)17-7-15-27(2)3/h4-6,8-14,16,22-23H,7,15,17H2,1-3H3,(H,26,30)/t22-,23-/m1/s1. The molecule has 0 spiro atoms. The lowest BCUT2D eigenvalue weighted by Crippen LogP contribution is -2.32. The molecule has 1 N–H and O–H groups in total. The van der Waals surface area contributed by atoms with E-state index in [4.69, 9.17) is 12.2 Å². The summed E-state index contributed by atoms with van der Waals surface area (Å²) in [6.45, 7) is 4.04. The Balaban J connectivity index is 1.73. The topological polar surface area (TPSA) is 36.3 Å². The van der Waals surface area contributed by atoms with Gasteiger partial charge in [0.15, 0.2) is 5.11 Å². The summed E-state index contributed by atoms with van der Waals surface area (Å²) in [6.07, 6.45) is 5.03. The zero-order valence-electron chi connectivity index (χ0n) is 17.8. The van der Waals surface area contributed by atoms with E-state index in [2.05, 4.69) is 94.3 Å². The number of nitrogens with one attached hydrogen (secondary N) is 1. The average molecular weight is 420 g/mol. The van der Waals surface area contributed by atoms with Crippen LogP contribution < -0.4 is 5.32 Å². The Bertz CT molecular complexity index is 980. The molecular weight excluding hydrogens is 390 g/mol. The molecule has 1 fully saturated rings. The van der Waals surface area contributed by atoms with Gasteiger partial charge in [0.25, 0.3) is 0 Å². The molecule has 1 aliphatic heterocycles. The summed E-state index contributed by atoms with van der Waals surface area (Å²) >= 11 is 5.79. The third-order valence-corrected chi connectivity index (χ3v) is 5.95. The molecule has 1 aromatic carbocycles. The van der Waals surface area contributed by atoms with Crippen LogP contribution in [0.1, 0.15) is 35.5 Å². The van der Waals surface area contributed by atoms with Crippen LogP contribution in [-0.4, -0.2) is 51.6 Å². The van der Waals surface area contributed by atoms with Gasteiger partial charge in [-0.2, -0.15) is 0 Å². The van der Waals surface area contributed by atoms with E-state index >= 15 is 0 Å². The number of hydrogen-bond donors (Lipinski definition) is 1. The van der Waals surface area contributed by atoms with Gasteiger partial charge in [-0.1, -0.05) is 23.8 Å². The maximum Gasteiger partial charge on any atom is 0.170 e. The molecule has 3 aromatic rings. The average Bonchev–Trinajstić information content (AvgIpc) is 3.34. The van der Waals surface area contributed by atoms with Crippen LogP contribution in [0.5, 0.6) is 0 Å². The molecule has 0 aliphatic carbocycles. The zero-order valence-corrected chi connectivity index (χ0v) is 18.6. The molecule has 5 nitrogen and oxygen atoms in total. The highest BCUT2D eigenvalue weighted by Gasteiger charge is 2.40. The normalized spacial score (nSPS) is 18.8. The first-order valence-electron chi connectivity index (χ1n) is 10.4. The highest BCUT2D eigenvalue weighted by molar-refractivity contribution is 7.80. The van der Waals surface area contributed by atoms with Gasteiger partial charge < -0.3 is 19.7 Å². The van der Waals surface area contributed by atoms with Crippen molar-refractivity contribution >= 4 is 17.3 Å². The molecule has 1 aliphatic rings. The fraction of sp³-hybridized carbons (Fsp3) is 0.333. The van der Waals surface area contributed by atoms with Crippen molar-refractivity contribution in [2.24, 2.45) is 0 Å². The van der Waals surface area contributed by atoms with E-state index in [1.165, 1.54) is 11.3 Å². The van der Waals surface area contributed by atoms with Crippen LogP contribution in [0.2, 0.25) is 0 Å². The minimum Gasteiger partial charge on any atom is -0.352 e. The first kappa shape index (κ1) is 20.6. The first-order valence-corrected chi connectivity index (χ1v) is 10.8. The molecule has 1 saturated heterocycles. The third kappa shape index (κ3) is 4.25. The van der Waals surface area contributed by atoms with Crippen molar-refractivity contribution in [2.75, 3.05) is 27.2 Å². The lowest BCUT2D eigenvalue weighted by atomic mass is 10.0. The summed E-state index contributed by atoms with van der Waals surface area (Å²) in [4.78, 5) is 9.19. The van der Waals surface area contributed by atoms with Gasteiger partial charge in [0.1, 0.15) is 0 Å². The molecular formula is C24H29N5S. The Kier molecular flexibility index (Phi) is 6.16. The summed E-state index contributed by atoms with van der Waals surface area (Å²) in [6, 6.07) is 19.1. The monoisotopic (exact) mass is 419 g/mol. The maximum atomic E-state index is 5.79. The van der Waals surface area contributed by atoms with Gasteiger partial charge in [-0.25, -0.2) is 0 Å². The molecule has 30 heavy (non-hydrogen) atoms. The van der Waals surface area contributed by atoms with Crippen molar-refractivity contribution in [3.8, 4) is 5.69 Å². The van der Waals surface area contributed by atoms with Crippen LogP contribution in [0, 0.1) is 6.92 Å². The molecule has 0 saturated carbocycles. The Morgan fingerprint density at radius 2 is 1.87 bits per heavy atom. The number of nitrogens with zero attached hydrogens (tertiary/aromatic N) is 4. The van der Waals surface area contributed by atoms with Crippen LogP contribution >= 0.6 is 12.2 Å². The molecule has 0 unspecified atom stereocenters. The van der Waals surface area contributed by atoms with Crippen molar-refractivity contribution in [1.29, 1.82) is 0 Å². The summed E-state index contributed by atoms with van der Waals surface area (Å²) < 4.78 is 2.27. The SMILES string of the molecule is Cc1ccc(-n2cccc2[C@@H]2[C@@H](c3ccccn3)NC(=S)N2CCCN(C)C)cc1. The second-order valence-electron chi connectivity index (χ2n) is 8.12. The van der Waals surface area contributed by atoms with Crippen LogP contribution in [0.15, 0.2) is 67.0 Å². The molecule has 3 heterocycles. The van der Waals surface area contributed by atoms with Gasteiger partial charge >= 0.3 is 0 Å². The van der Waals surface area contributed by atoms with Crippen molar-refractivity contribution in [3.05, 3.63) is 83.9 Å². The van der Waals surface area contributed by atoms with Gasteiger partial charge in [-0.3, -0.25) is 4.98 Å². The molecule has 0 amide bonds. The van der Waals surface area contributed by atoms with E-state index in [0.29, 0.717) is 0 Å². The van der Waals surface area contributed by atoms with Gasteiger partial charge in [-0.15, -0.1) is 0 Å². The number of hydrogen-bond acceptors (Lipinski definition) is 3. The second kappa shape index (κ2) is 8.98. The summed E-state index contributed by atoms with van der Waals surface area (Å²) in [5.74, 6) is 0. The summed E-state index contributed by atoms with van der Waals surface area (Å²) in [5.41, 5.74) is 4.64. The van der Waals surface area contributed by atoms with E-state index < -0.39 is 0 Å². The minimum atomic E-state index is 0.0113. The molecule has 156 valence electrons. The van der Waals surface area contributed by atoms with Crippen molar-refractivity contribution in [2.45, 2.75) is 25.4 Å². The fourth-order valence-electron chi connectivity index (χ4n) is 4.10. The highest BCUT2D eigenvalue weighted by atomic mass is 32.1. The number of aromatic nitrogens is 2. The van der Waals surface area contributed by atoms with Crippen LogP contribution in [0.3, 0.4) is 0 Å². The van der Waals surface area contributed by atoms with Crippen LogP contribution in [-0.2, 0) is 0 Å². The Hall–Kier alpha value is -2.70. The molecule has 6 heteroatoms. The third-order valence-electron chi connectivity index (χ3n) is 5.60. The van der Waals surface area contributed by atoms with Gasteiger partial charge in [0.05, 0.1) is 17.8 Å². The largest absolute Gasteiger partial charge is 0.352 e. The minimum absolute atomic E-state index is 0.0113. The number of pyridine rings is 1. The van der Waals surface area contributed by atoms with Crippen molar-refractivity contribution in [3.63, 3.8) is 0 Å². The highest BCUT2D eigenvalue weighted by Crippen LogP contribution is 2.39. The van der Waals surface area contributed by atoms with Gasteiger partial charge in [-0.05, 0) is 82.6 Å². The van der Waals surface area contributed by atoms with E-state index in [1.807, 2.05) is 18.3 Å². The maximum absolute atomic E-state index is 5.79. The number of rotatable bonds is 7. The summed E-state index contributed by atoms with van der Waals surface area (Å²) in [5, 5.41) is 4.35. The first-order chi connectivity index (χ1) is 14.5. The predicted molar refractivity (Wildman–Crippen MR) is 126 cm³/mol.